The molecule has 1 aromatic rings. The summed E-state index contributed by atoms with van der Waals surface area (Å²) in [4.78, 5) is 0.307. The fraction of sp³-hybridized carbons (Fsp3) is 0.556. The maximum Gasteiger partial charge on any atom is 0.242 e. The third-order valence-corrected chi connectivity index (χ3v) is 3.41. The first-order valence-electron chi connectivity index (χ1n) is 4.88. The fourth-order valence-electron chi connectivity index (χ4n) is 1.17. The number of hydrogen-bond donors (Lipinski definition) is 2. The van der Waals surface area contributed by atoms with Gasteiger partial charge in [0.25, 0.3) is 0 Å². The highest BCUT2D eigenvalue weighted by molar-refractivity contribution is 7.89. The summed E-state index contributed by atoms with van der Waals surface area (Å²) in [6.07, 6.45) is 3.29. The van der Waals surface area contributed by atoms with Crippen molar-refractivity contribution in [3.05, 3.63) is 18.5 Å². The van der Waals surface area contributed by atoms with Crippen LogP contribution in [0.15, 0.2) is 23.4 Å². The van der Waals surface area contributed by atoms with Gasteiger partial charge < -0.3 is 9.88 Å². The van der Waals surface area contributed by atoms with E-state index in [0.717, 1.165) is 6.54 Å². The lowest BCUT2D eigenvalue weighted by atomic mass is 10.6. The highest BCUT2D eigenvalue weighted by Crippen LogP contribution is 2.07. The Balaban J connectivity index is 2.53. The van der Waals surface area contributed by atoms with E-state index >= 15 is 0 Å². The van der Waals surface area contributed by atoms with Gasteiger partial charge in [0.1, 0.15) is 0 Å². The van der Waals surface area contributed by atoms with Crippen LogP contribution in [-0.4, -0.2) is 32.6 Å². The summed E-state index contributed by atoms with van der Waals surface area (Å²) in [7, 11) is -1.54. The van der Waals surface area contributed by atoms with E-state index in [1.165, 1.54) is 0 Å². The molecule has 1 aromatic heterocycles. The van der Waals surface area contributed by atoms with E-state index < -0.39 is 10.0 Å². The molecule has 0 radical (unpaired) electrons. The average molecular weight is 231 g/mol. The number of sulfonamides is 1. The van der Waals surface area contributed by atoms with Crippen molar-refractivity contribution in [2.75, 3.05) is 19.6 Å². The first-order chi connectivity index (χ1) is 7.06. The number of aryl methyl sites for hydroxylation is 1. The molecule has 0 aliphatic heterocycles. The van der Waals surface area contributed by atoms with Crippen LogP contribution in [0.2, 0.25) is 0 Å². The van der Waals surface area contributed by atoms with Crippen molar-refractivity contribution in [2.24, 2.45) is 7.05 Å². The summed E-state index contributed by atoms with van der Waals surface area (Å²) in [6.45, 7) is 3.87. The van der Waals surface area contributed by atoms with Crippen LogP contribution in [0.1, 0.15) is 6.92 Å². The van der Waals surface area contributed by atoms with E-state index in [4.69, 9.17) is 0 Å². The normalized spacial score (nSPS) is 11.9. The van der Waals surface area contributed by atoms with Gasteiger partial charge in [-0.3, -0.25) is 0 Å². The van der Waals surface area contributed by atoms with E-state index in [-0.39, 0.29) is 0 Å². The maximum absolute atomic E-state index is 11.7. The molecule has 6 heteroatoms. The summed E-state index contributed by atoms with van der Waals surface area (Å²) < 4.78 is 27.5. The van der Waals surface area contributed by atoms with Crippen molar-refractivity contribution in [3.8, 4) is 0 Å². The Hall–Kier alpha value is -0.850. The molecular formula is C9H17N3O2S. The van der Waals surface area contributed by atoms with E-state index in [0.29, 0.717) is 18.0 Å². The summed E-state index contributed by atoms with van der Waals surface area (Å²) in [6, 6.07) is 1.58. The van der Waals surface area contributed by atoms with Crippen LogP contribution in [0.3, 0.4) is 0 Å². The molecule has 5 nitrogen and oxygen atoms in total. The van der Waals surface area contributed by atoms with E-state index in [1.54, 1.807) is 30.1 Å². The molecule has 0 bridgehead atoms. The molecular weight excluding hydrogens is 214 g/mol. The predicted molar refractivity (Wildman–Crippen MR) is 59.1 cm³/mol. The first kappa shape index (κ1) is 12.2. The maximum atomic E-state index is 11.7. The van der Waals surface area contributed by atoms with Crippen molar-refractivity contribution in [1.82, 2.24) is 14.6 Å². The lowest BCUT2D eigenvalue weighted by Crippen LogP contribution is -2.31. The molecule has 0 unspecified atom stereocenters. The highest BCUT2D eigenvalue weighted by Gasteiger charge is 2.13. The molecule has 1 rings (SSSR count). The van der Waals surface area contributed by atoms with Gasteiger partial charge in [-0.1, -0.05) is 6.92 Å². The second-order valence-electron chi connectivity index (χ2n) is 3.26. The van der Waals surface area contributed by atoms with Crippen molar-refractivity contribution in [1.29, 1.82) is 0 Å². The van der Waals surface area contributed by atoms with Crippen molar-refractivity contribution in [2.45, 2.75) is 11.8 Å². The zero-order valence-corrected chi connectivity index (χ0v) is 9.84. The average Bonchev–Trinajstić information content (AvgIpc) is 2.60. The van der Waals surface area contributed by atoms with Crippen LogP contribution in [0.25, 0.3) is 0 Å². The SMILES string of the molecule is CCNCCNS(=O)(=O)c1ccn(C)c1. The zero-order valence-electron chi connectivity index (χ0n) is 9.03. The van der Waals surface area contributed by atoms with Crippen molar-refractivity contribution < 1.29 is 8.42 Å². The lowest BCUT2D eigenvalue weighted by Gasteiger charge is -2.04. The van der Waals surface area contributed by atoms with Gasteiger partial charge in [-0.2, -0.15) is 0 Å². The number of rotatable bonds is 6. The zero-order chi connectivity index (χ0) is 11.3. The summed E-state index contributed by atoms with van der Waals surface area (Å²) in [5.41, 5.74) is 0. The molecule has 0 spiro atoms. The molecule has 2 N–H and O–H groups in total. The van der Waals surface area contributed by atoms with Crippen LogP contribution in [0, 0.1) is 0 Å². The van der Waals surface area contributed by atoms with Gasteiger partial charge in [0.2, 0.25) is 10.0 Å². The van der Waals surface area contributed by atoms with Crippen molar-refractivity contribution in [3.63, 3.8) is 0 Å². The molecule has 0 saturated carbocycles. The Bertz CT molecular complexity index is 397. The third kappa shape index (κ3) is 3.65. The Morgan fingerprint density at radius 3 is 2.67 bits per heavy atom. The smallest absolute Gasteiger partial charge is 0.242 e. The monoisotopic (exact) mass is 231 g/mol. The second-order valence-corrected chi connectivity index (χ2v) is 5.03. The Morgan fingerprint density at radius 2 is 2.13 bits per heavy atom. The number of aromatic nitrogens is 1. The minimum Gasteiger partial charge on any atom is -0.356 e. The quantitative estimate of drug-likeness (QED) is 0.673. The largest absolute Gasteiger partial charge is 0.356 e. The lowest BCUT2D eigenvalue weighted by molar-refractivity contribution is 0.577. The Labute approximate surface area is 90.5 Å². The van der Waals surface area contributed by atoms with Crippen LogP contribution in [0.5, 0.6) is 0 Å². The standard InChI is InChI=1S/C9H17N3O2S/c1-3-10-5-6-11-15(13,14)9-4-7-12(2)8-9/h4,7-8,10-11H,3,5-6H2,1-2H3. The summed E-state index contributed by atoms with van der Waals surface area (Å²) in [5, 5.41) is 3.05. The Kier molecular flexibility index (Phi) is 4.31. The second kappa shape index (κ2) is 5.29. The van der Waals surface area contributed by atoms with Crippen molar-refractivity contribution >= 4 is 10.0 Å². The fourth-order valence-corrected chi connectivity index (χ4v) is 2.25. The van der Waals surface area contributed by atoms with Crippen LogP contribution in [0.4, 0.5) is 0 Å². The Morgan fingerprint density at radius 1 is 1.40 bits per heavy atom. The molecule has 0 atom stereocenters. The molecule has 0 aromatic carbocycles. The minimum absolute atomic E-state index is 0.307. The molecule has 15 heavy (non-hydrogen) atoms. The summed E-state index contributed by atoms with van der Waals surface area (Å²) >= 11 is 0. The van der Waals surface area contributed by atoms with Gasteiger partial charge in [0.05, 0.1) is 4.90 Å². The highest BCUT2D eigenvalue weighted by atomic mass is 32.2. The number of likely N-dealkylation sites (N-methyl/N-ethyl adjacent to an activating group) is 1. The van der Waals surface area contributed by atoms with Crippen LogP contribution in [-0.2, 0) is 17.1 Å². The van der Waals surface area contributed by atoms with Gasteiger partial charge in [0.15, 0.2) is 0 Å². The molecule has 0 aliphatic rings. The molecule has 0 fully saturated rings. The topological polar surface area (TPSA) is 63.1 Å². The third-order valence-electron chi connectivity index (χ3n) is 1.96. The number of nitrogens with zero attached hydrogens (tertiary/aromatic N) is 1. The van der Waals surface area contributed by atoms with Crippen LogP contribution < -0.4 is 10.0 Å². The van der Waals surface area contributed by atoms with Gasteiger partial charge in [-0.15, -0.1) is 0 Å². The van der Waals surface area contributed by atoms with E-state index in [9.17, 15) is 8.42 Å². The van der Waals surface area contributed by atoms with E-state index in [2.05, 4.69) is 10.0 Å². The van der Waals surface area contributed by atoms with Crippen LogP contribution >= 0.6 is 0 Å². The molecule has 0 aliphatic carbocycles. The first-order valence-corrected chi connectivity index (χ1v) is 6.37. The van der Waals surface area contributed by atoms with Gasteiger partial charge >= 0.3 is 0 Å². The minimum atomic E-state index is -3.33. The molecule has 86 valence electrons. The number of hydrogen-bond acceptors (Lipinski definition) is 3. The number of nitrogens with one attached hydrogen (secondary N) is 2. The molecule has 0 saturated heterocycles. The summed E-state index contributed by atoms with van der Waals surface area (Å²) in [5.74, 6) is 0. The van der Waals surface area contributed by atoms with E-state index in [1.807, 2.05) is 6.92 Å². The van der Waals surface area contributed by atoms with Gasteiger partial charge in [0, 0.05) is 32.5 Å². The van der Waals surface area contributed by atoms with Gasteiger partial charge in [-0.25, -0.2) is 13.1 Å². The molecule has 1 heterocycles. The predicted octanol–water partition coefficient (Wildman–Crippen LogP) is -0.0871. The molecule has 0 amide bonds. The van der Waals surface area contributed by atoms with Gasteiger partial charge in [-0.05, 0) is 12.6 Å².